The molecule has 30 heteroatoms. The van der Waals surface area contributed by atoms with E-state index < -0.39 is 115 Å². The summed E-state index contributed by atoms with van der Waals surface area (Å²) in [6.07, 6.45) is 4.55. The zero-order valence-corrected chi connectivity index (χ0v) is 61.2. The second kappa shape index (κ2) is 36.2. The van der Waals surface area contributed by atoms with E-state index in [1.54, 1.807) is 14.0 Å². The summed E-state index contributed by atoms with van der Waals surface area (Å²) < 4.78 is 92.3. The topological polar surface area (TPSA) is 349 Å². The number of hydrogen-bond donors (Lipinski definition) is 5. The number of piperidine rings is 1. The molecule has 3 aliphatic heterocycles. The number of carbonyl (C=O) groups excluding carboxylic acids is 9. The smallest absolute Gasteiger partial charge is 0.410 e. The van der Waals surface area contributed by atoms with E-state index in [4.69, 9.17) is 43.2 Å². The zero-order chi connectivity index (χ0) is 75.7. The number of ether oxygens (including phenoxy) is 6. The molecule has 1 unspecified atom stereocenters. The first-order valence-electron chi connectivity index (χ1n) is 34.7. The summed E-state index contributed by atoms with van der Waals surface area (Å²) >= 11 is 0. The fourth-order valence-electron chi connectivity index (χ4n) is 12.0. The Morgan fingerprint density at radius 1 is 0.750 bits per heavy atom. The summed E-state index contributed by atoms with van der Waals surface area (Å²) in [6.45, 7) is 12.2. The molecular weight excluding hydrogens is 1370 g/mol. The molecule has 1 aromatic heterocycles. The van der Waals surface area contributed by atoms with Crippen molar-refractivity contribution in [3.63, 3.8) is 0 Å². The van der Waals surface area contributed by atoms with Gasteiger partial charge in [-0.1, -0.05) is 72.8 Å². The van der Waals surface area contributed by atoms with Gasteiger partial charge < -0.3 is 50.1 Å². The largest absolute Gasteiger partial charge is 0.438 e. The molecule has 6 N–H and O–H groups in total. The lowest BCUT2D eigenvalue weighted by Gasteiger charge is -2.31. The highest BCUT2D eigenvalue weighted by molar-refractivity contribution is 7.54. The van der Waals surface area contributed by atoms with Crippen LogP contribution in [0.1, 0.15) is 145 Å². The highest BCUT2D eigenvalue weighted by Gasteiger charge is 2.56. The molecule has 0 radical (unpaired) electrons. The number of nitrogens with zero attached hydrogens (tertiary/aromatic N) is 3. The number of imidazole rings is 1. The Hall–Kier alpha value is -8.83. The number of halogens is 2. The van der Waals surface area contributed by atoms with Crippen LogP contribution in [0.2, 0.25) is 0 Å². The first-order valence-corrected chi connectivity index (χ1v) is 36.3. The number of nitrogens with two attached hydrogens (primary N) is 1. The van der Waals surface area contributed by atoms with E-state index in [9.17, 15) is 52.5 Å². The molecule has 1 fully saturated rings. The lowest BCUT2D eigenvalue weighted by molar-refractivity contribution is -0.163. The molecule has 8 rings (SSSR count). The molecule has 564 valence electrons. The Morgan fingerprint density at radius 3 is 2.01 bits per heavy atom. The molecule has 0 aliphatic carbocycles. The van der Waals surface area contributed by atoms with E-state index in [-0.39, 0.29) is 93.6 Å². The predicted molar refractivity (Wildman–Crippen MR) is 378 cm³/mol. The van der Waals surface area contributed by atoms with Gasteiger partial charge >= 0.3 is 30.9 Å². The highest BCUT2D eigenvalue weighted by Crippen LogP contribution is 2.67. The fourth-order valence-corrected chi connectivity index (χ4v) is 13.2. The number of allylic oxidation sites excluding steroid dienone is 1. The first kappa shape index (κ1) is 80.8. The summed E-state index contributed by atoms with van der Waals surface area (Å²) in [6, 6.07) is 19.7. The maximum atomic E-state index is 16.3. The van der Waals surface area contributed by atoms with Crippen molar-refractivity contribution in [2.45, 2.75) is 169 Å². The van der Waals surface area contributed by atoms with Crippen molar-refractivity contribution in [3.8, 4) is 0 Å². The zero-order valence-electron chi connectivity index (χ0n) is 60.3. The summed E-state index contributed by atoms with van der Waals surface area (Å²) in [5, 5.41) is 11.0. The SMILES string of the molecule is C/C(=C\C(=O)N[C@H]1CCc2cccc3c2N(C1=O)[C@H](C(=O)N[C@@H](CCC(N)=O)[C@@H](C)OCc1ccc(CCCNC(=O)COCCOCCOCCCc2ccc4c(c2)n(C)c(=O)n4C2CCC(=O)NC2=O)cc1)C3)c1ccc(C(F)(F)P(=O)(OCOC(=O)C(C)(C)C)OCOC(=O)C(C)(C)C)cc1. The van der Waals surface area contributed by atoms with Gasteiger partial charge in [0, 0.05) is 51.1 Å². The van der Waals surface area contributed by atoms with E-state index >= 15 is 8.78 Å². The monoisotopic (exact) mass is 1470 g/mol. The predicted octanol–water partition coefficient (Wildman–Crippen LogP) is 7.57. The van der Waals surface area contributed by atoms with Crippen LogP contribution in [-0.2, 0) is 130 Å². The molecule has 0 spiro atoms. The minimum absolute atomic E-state index is 0.0721. The summed E-state index contributed by atoms with van der Waals surface area (Å²) in [5.41, 5.74) is 4.85. The quantitative estimate of drug-likeness (QED) is 0.00639. The molecule has 4 aromatic carbocycles. The molecule has 0 saturated carbocycles. The van der Waals surface area contributed by atoms with Gasteiger partial charge in [0.05, 0.1) is 72.7 Å². The third-order valence-electron chi connectivity index (χ3n) is 18.0. The summed E-state index contributed by atoms with van der Waals surface area (Å²) in [4.78, 5) is 131. The Balaban J connectivity index is 0.747. The van der Waals surface area contributed by atoms with Crippen LogP contribution >= 0.6 is 7.60 Å². The van der Waals surface area contributed by atoms with Crippen molar-refractivity contribution in [1.82, 2.24) is 30.4 Å². The number of benzene rings is 4. The molecule has 27 nitrogen and oxygen atoms in total. The van der Waals surface area contributed by atoms with Crippen LogP contribution in [0.4, 0.5) is 14.5 Å². The molecule has 3 aliphatic rings. The number of primary amides is 1. The summed E-state index contributed by atoms with van der Waals surface area (Å²) in [5.74, 6) is -5.08. The van der Waals surface area contributed by atoms with Crippen molar-refractivity contribution in [2.75, 3.05) is 64.7 Å². The third-order valence-corrected chi connectivity index (χ3v) is 19.8. The van der Waals surface area contributed by atoms with Crippen molar-refractivity contribution in [1.29, 1.82) is 0 Å². The Bertz CT molecular complexity index is 4030. The molecule has 0 bridgehead atoms. The molecular formula is C74H95F2N8O19P. The van der Waals surface area contributed by atoms with Gasteiger partial charge in [-0.15, -0.1) is 0 Å². The van der Waals surface area contributed by atoms with Gasteiger partial charge in [-0.25, -0.2) is 4.79 Å². The standard InChI is InChI=1S/C74H95F2N8O19P/c1-46(51-22-25-54(26-23-51)74(75,76)104(95,102-44-100-69(92)72(3,4)5)103-45-101-70(93)73(6,7)8)39-63(87)79-56-27-24-52-15-10-16-53-41-60(84(65(52)53)68(56)91)67(90)80-55(28-31-61(77)85)47(2)99-42-50-19-17-48(18-20-50)13-11-33-78-64(88)43-98-38-37-97-36-35-96-34-12-14-49-21-29-57-59(40-49)82(9)71(94)83(57)58-30-32-62(86)81-66(58)89/h10,15-23,25-26,29,39-40,47,55-56,58,60H,11-14,24,27-28,30-38,41-45H2,1-9H3,(H2,77,85)(H,78,88)(H,79,87)(H,80,90)(H,81,86,89)/b46-39+/t47-,55+,56+,58?,60+/m1/s1. The maximum Gasteiger partial charge on any atom is 0.410 e. The first-order chi connectivity index (χ1) is 49.3. The number of hydrogen-bond acceptors (Lipinski definition) is 19. The molecule has 104 heavy (non-hydrogen) atoms. The number of aryl methyl sites for hydroxylation is 4. The molecule has 1 saturated heterocycles. The van der Waals surface area contributed by atoms with E-state index in [1.807, 2.05) is 60.7 Å². The van der Waals surface area contributed by atoms with Crippen LogP contribution in [0.3, 0.4) is 0 Å². The van der Waals surface area contributed by atoms with Gasteiger partial charge in [0.25, 0.3) is 0 Å². The van der Waals surface area contributed by atoms with Crippen LogP contribution in [-0.4, -0.2) is 146 Å². The molecule has 5 aromatic rings. The minimum atomic E-state index is -5.61. The lowest BCUT2D eigenvalue weighted by atomic mass is 9.98. The average molecular weight is 1470 g/mol. The van der Waals surface area contributed by atoms with Crippen LogP contribution in [0.15, 0.2) is 95.8 Å². The van der Waals surface area contributed by atoms with Crippen molar-refractivity contribution in [2.24, 2.45) is 23.6 Å². The number of nitrogens with one attached hydrogen (secondary N) is 4. The number of aromatic nitrogens is 2. The molecule has 4 heterocycles. The summed E-state index contributed by atoms with van der Waals surface area (Å²) in [7, 11) is -3.95. The minimum Gasteiger partial charge on any atom is -0.438 e. The van der Waals surface area contributed by atoms with Crippen LogP contribution in [0.5, 0.6) is 0 Å². The maximum absolute atomic E-state index is 16.3. The Morgan fingerprint density at radius 2 is 1.37 bits per heavy atom. The Labute approximate surface area is 602 Å². The number of esters is 2. The Kier molecular flexibility index (Phi) is 28.2. The second-order valence-electron chi connectivity index (χ2n) is 28.0. The number of rotatable bonds is 37. The van der Waals surface area contributed by atoms with E-state index in [2.05, 4.69) is 21.3 Å². The number of anilines is 1. The van der Waals surface area contributed by atoms with Gasteiger partial charge in [0.15, 0.2) is 0 Å². The van der Waals surface area contributed by atoms with Gasteiger partial charge in [-0.3, -0.25) is 76.1 Å². The van der Waals surface area contributed by atoms with Crippen LogP contribution in [0.25, 0.3) is 16.6 Å². The average Bonchev–Trinajstić information content (AvgIpc) is 1.54. The van der Waals surface area contributed by atoms with Gasteiger partial charge in [-0.2, -0.15) is 8.78 Å². The third kappa shape index (κ3) is 21.4. The van der Waals surface area contributed by atoms with Gasteiger partial charge in [0.2, 0.25) is 54.9 Å². The van der Waals surface area contributed by atoms with Gasteiger partial charge in [0.1, 0.15) is 24.7 Å². The number of amides is 7. The highest BCUT2D eigenvalue weighted by atomic mass is 31.2. The van der Waals surface area contributed by atoms with Crippen molar-refractivity contribution < 1.29 is 94.0 Å². The molecule has 7 amide bonds. The fraction of sp³-hybridized carbons (Fsp3) is 0.514. The van der Waals surface area contributed by atoms with Crippen LogP contribution in [0, 0.1) is 10.8 Å². The molecule has 5 atom stereocenters. The van der Waals surface area contributed by atoms with E-state index in [0.717, 1.165) is 46.4 Å². The van der Waals surface area contributed by atoms with Crippen molar-refractivity contribution in [3.05, 3.63) is 140 Å². The van der Waals surface area contributed by atoms with Crippen molar-refractivity contribution >= 4 is 83.2 Å². The number of para-hydroxylation sites is 1. The normalized spacial score (nSPS) is 17.0. The number of carbonyl (C=O) groups is 9. The van der Waals surface area contributed by atoms with Gasteiger partial charge in [-0.05, 0) is 158 Å². The van der Waals surface area contributed by atoms with Crippen LogP contribution < -0.4 is 37.6 Å². The number of imide groups is 1. The number of alkyl halides is 2. The van der Waals surface area contributed by atoms with E-state index in [1.165, 1.54) is 80.7 Å². The van der Waals surface area contributed by atoms with E-state index in [0.29, 0.717) is 68.8 Å². The number of fused-ring (bicyclic) bond motifs is 1. The second-order valence-corrected chi connectivity index (χ2v) is 30.1. The lowest BCUT2D eigenvalue weighted by Crippen LogP contribution is -2.56.